The molecule has 0 radical (unpaired) electrons. The highest BCUT2D eigenvalue weighted by molar-refractivity contribution is 7.03. The molecule has 0 bridgehead atoms. The third-order valence-electron chi connectivity index (χ3n) is 4.51. The summed E-state index contributed by atoms with van der Waals surface area (Å²) in [6, 6.07) is 4.67. The second-order valence-corrected chi connectivity index (χ2v) is 8.69. The van der Waals surface area contributed by atoms with Gasteiger partial charge in [-0.3, -0.25) is 9.59 Å². The fourth-order valence-corrected chi connectivity index (χ4v) is 3.70. The number of nitrogens with zero attached hydrogens (tertiary/aromatic N) is 3. The van der Waals surface area contributed by atoms with Crippen LogP contribution in [-0.4, -0.2) is 51.1 Å². The van der Waals surface area contributed by atoms with Crippen molar-refractivity contribution in [1.29, 1.82) is 0 Å². The minimum absolute atomic E-state index is 0.170. The lowest BCUT2D eigenvalue weighted by atomic mass is 10.0. The summed E-state index contributed by atoms with van der Waals surface area (Å²) in [6.07, 6.45) is 1.53. The minimum atomic E-state index is -0.951. The van der Waals surface area contributed by atoms with E-state index >= 15 is 0 Å². The predicted molar refractivity (Wildman–Crippen MR) is 107 cm³/mol. The van der Waals surface area contributed by atoms with Crippen molar-refractivity contribution in [2.45, 2.75) is 51.3 Å². The van der Waals surface area contributed by atoms with Crippen molar-refractivity contribution in [3.63, 3.8) is 0 Å². The van der Waals surface area contributed by atoms with Crippen LogP contribution in [0.4, 0.5) is 4.39 Å². The predicted octanol–water partition coefficient (Wildman–Crippen LogP) is 2.95. The van der Waals surface area contributed by atoms with Gasteiger partial charge in [-0.05, 0) is 62.8 Å². The number of hydrogen-bond donors (Lipinski definition) is 1. The smallest absolute Gasteiger partial charge is 0.276 e. The number of aromatic nitrogens is 2. The summed E-state index contributed by atoms with van der Waals surface area (Å²) in [4.78, 5) is 28.0. The Labute approximate surface area is 173 Å². The second kappa shape index (κ2) is 8.96. The Balaban J connectivity index is 2.00. The van der Waals surface area contributed by atoms with E-state index in [1.807, 2.05) is 20.8 Å². The highest BCUT2D eigenvalue weighted by Gasteiger charge is 2.36. The van der Waals surface area contributed by atoms with Crippen LogP contribution in [0.1, 0.15) is 55.7 Å². The van der Waals surface area contributed by atoms with Gasteiger partial charge in [-0.1, -0.05) is 16.6 Å². The van der Waals surface area contributed by atoms with E-state index in [1.165, 1.54) is 29.2 Å². The zero-order chi connectivity index (χ0) is 21.0. The molecule has 156 valence electrons. The first kappa shape index (κ1) is 21.3. The molecule has 1 aliphatic rings. The Bertz CT molecular complexity index is 830. The van der Waals surface area contributed by atoms with E-state index in [2.05, 4.69) is 14.9 Å². The van der Waals surface area contributed by atoms with Gasteiger partial charge in [0.05, 0.1) is 6.10 Å². The van der Waals surface area contributed by atoms with Crippen molar-refractivity contribution in [2.24, 2.45) is 0 Å². The highest BCUT2D eigenvalue weighted by Crippen LogP contribution is 2.27. The quantitative estimate of drug-likeness (QED) is 0.777. The van der Waals surface area contributed by atoms with Crippen molar-refractivity contribution in [2.75, 3.05) is 13.2 Å². The van der Waals surface area contributed by atoms with Crippen molar-refractivity contribution in [1.82, 2.24) is 19.8 Å². The molecule has 9 heteroatoms. The van der Waals surface area contributed by atoms with Gasteiger partial charge in [0.15, 0.2) is 5.69 Å². The summed E-state index contributed by atoms with van der Waals surface area (Å²) >= 11 is 1.07. The number of halogens is 1. The summed E-state index contributed by atoms with van der Waals surface area (Å²) in [5, 5.41) is 8.37. The average molecular weight is 421 g/mol. The van der Waals surface area contributed by atoms with Crippen molar-refractivity contribution >= 4 is 23.3 Å². The van der Waals surface area contributed by atoms with E-state index in [4.69, 9.17) is 4.74 Å². The first-order valence-electron chi connectivity index (χ1n) is 9.52. The molecule has 2 atom stereocenters. The molecule has 1 aliphatic heterocycles. The van der Waals surface area contributed by atoms with Crippen molar-refractivity contribution < 1.29 is 18.7 Å². The van der Waals surface area contributed by atoms with E-state index < -0.39 is 23.3 Å². The summed E-state index contributed by atoms with van der Waals surface area (Å²) in [6.45, 7) is 6.45. The molecule has 1 fully saturated rings. The van der Waals surface area contributed by atoms with Gasteiger partial charge in [-0.2, -0.15) is 0 Å². The number of amides is 2. The number of nitrogens with one attached hydrogen (secondary N) is 1. The molecule has 0 saturated carbocycles. The monoisotopic (exact) mass is 420 g/mol. The van der Waals surface area contributed by atoms with Crippen LogP contribution in [0.15, 0.2) is 29.6 Å². The molecule has 0 spiro atoms. The van der Waals surface area contributed by atoms with E-state index in [0.29, 0.717) is 12.2 Å². The number of benzene rings is 1. The molecular weight excluding hydrogens is 395 g/mol. The van der Waals surface area contributed by atoms with Crippen molar-refractivity contribution in [3.8, 4) is 0 Å². The van der Waals surface area contributed by atoms with Gasteiger partial charge in [0.25, 0.3) is 5.91 Å². The Hall–Kier alpha value is -2.39. The summed E-state index contributed by atoms with van der Waals surface area (Å²) in [7, 11) is 0. The van der Waals surface area contributed by atoms with Gasteiger partial charge >= 0.3 is 0 Å². The van der Waals surface area contributed by atoms with Crippen LogP contribution in [0, 0.1) is 5.82 Å². The molecule has 3 rings (SSSR count). The minimum Gasteiger partial charge on any atom is -0.376 e. The maximum absolute atomic E-state index is 13.5. The summed E-state index contributed by atoms with van der Waals surface area (Å²) in [5.74, 6) is -1.17. The number of hydrogen-bond acceptors (Lipinski definition) is 6. The standard InChI is InChI=1S/C20H25FN4O3S/c1-20(2,3)22-18(26)17(13-6-8-14(21)9-7-13)25(11-15-5-4-10-28-15)19(27)16-12-29-24-23-16/h6-9,12,15,17H,4-5,10-11H2,1-3H3,(H,22,26)/t15-,17-/m0/s1. The Kier molecular flexibility index (Phi) is 6.59. The van der Waals surface area contributed by atoms with E-state index in [0.717, 1.165) is 24.4 Å². The van der Waals surface area contributed by atoms with E-state index in [1.54, 1.807) is 5.38 Å². The molecule has 1 N–H and O–H groups in total. The van der Waals surface area contributed by atoms with Gasteiger partial charge < -0.3 is 15.0 Å². The molecule has 1 aromatic heterocycles. The van der Waals surface area contributed by atoms with Gasteiger partial charge in [-0.25, -0.2) is 4.39 Å². The van der Waals surface area contributed by atoms with Crippen LogP contribution in [0.3, 0.4) is 0 Å². The lowest BCUT2D eigenvalue weighted by Gasteiger charge is -2.34. The number of ether oxygens (including phenoxy) is 1. The zero-order valence-electron chi connectivity index (χ0n) is 16.7. The third kappa shape index (κ3) is 5.57. The zero-order valence-corrected chi connectivity index (χ0v) is 17.5. The fourth-order valence-electron chi connectivity index (χ4n) is 3.27. The normalized spacial score (nSPS) is 17.7. The maximum Gasteiger partial charge on any atom is 0.276 e. The van der Waals surface area contributed by atoms with Gasteiger partial charge in [0.2, 0.25) is 5.91 Å². The molecule has 2 aromatic rings. The fraction of sp³-hybridized carbons (Fsp3) is 0.500. The van der Waals surface area contributed by atoms with Gasteiger partial charge in [0, 0.05) is 24.1 Å². The third-order valence-corrected chi connectivity index (χ3v) is 5.01. The summed E-state index contributed by atoms with van der Waals surface area (Å²) in [5.41, 5.74) is 0.183. The Morgan fingerprint density at radius 1 is 1.34 bits per heavy atom. The first-order valence-corrected chi connectivity index (χ1v) is 10.4. The lowest BCUT2D eigenvalue weighted by molar-refractivity contribution is -0.127. The number of carbonyl (C=O) groups is 2. The molecule has 0 unspecified atom stereocenters. The van der Waals surface area contributed by atoms with E-state index in [-0.39, 0.29) is 24.2 Å². The Morgan fingerprint density at radius 2 is 2.07 bits per heavy atom. The van der Waals surface area contributed by atoms with Crippen LogP contribution < -0.4 is 5.32 Å². The number of carbonyl (C=O) groups excluding carboxylic acids is 2. The highest BCUT2D eigenvalue weighted by atomic mass is 32.1. The molecule has 0 aliphatic carbocycles. The largest absolute Gasteiger partial charge is 0.376 e. The molecule has 7 nitrogen and oxygen atoms in total. The second-order valence-electron chi connectivity index (χ2n) is 8.08. The van der Waals surface area contributed by atoms with E-state index in [9.17, 15) is 14.0 Å². The molecule has 1 aromatic carbocycles. The van der Waals surface area contributed by atoms with Crippen LogP contribution in [0.25, 0.3) is 0 Å². The lowest BCUT2D eigenvalue weighted by Crippen LogP contribution is -2.51. The average Bonchev–Trinajstić information content (AvgIpc) is 3.34. The summed E-state index contributed by atoms with van der Waals surface area (Å²) < 4.78 is 23.0. The molecule has 2 heterocycles. The molecular formula is C20H25FN4O3S. The topological polar surface area (TPSA) is 84.4 Å². The maximum atomic E-state index is 13.5. The van der Waals surface area contributed by atoms with Crippen LogP contribution in [-0.2, 0) is 9.53 Å². The molecule has 1 saturated heterocycles. The first-order chi connectivity index (χ1) is 13.7. The SMILES string of the molecule is CC(C)(C)NC(=O)[C@H](c1ccc(F)cc1)N(C[C@@H]1CCCO1)C(=O)c1csnn1. The molecule has 29 heavy (non-hydrogen) atoms. The van der Waals surface area contributed by atoms with Crippen LogP contribution >= 0.6 is 11.5 Å². The van der Waals surface area contributed by atoms with Crippen LogP contribution in [0.5, 0.6) is 0 Å². The van der Waals surface area contributed by atoms with Gasteiger partial charge in [0.1, 0.15) is 11.9 Å². The van der Waals surface area contributed by atoms with Crippen molar-refractivity contribution in [3.05, 3.63) is 46.7 Å². The van der Waals surface area contributed by atoms with Gasteiger partial charge in [-0.15, -0.1) is 5.10 Å². The Morgan fingerprint density at radius 3 is 2.62 bits per heavy atom. The van der Waals surface area contributed by atoms with Crippen LogP contribution in [0.2, 0.25) is 0 Å². The molecule has 2 amide bonds. The number of rotatable bonds is 6.